The molecule has 3 aromatic rings. The van der Waals surface area contributed by atoms with Crippen molar-refractivity contribution in [2.45, 2.75) is 43.9 Å². The molecule has 6 heterocycles. The molecule has 0 saturated carbocycles. The van der Waals surface area contributed by atoms with Crippen molar-refractivity contribution in [2.24, 2.45) is 11.8 Å². The fourth-order valence-electron chi connectivity index (χ4n) is 9.43. The molecule has 0 radical (unpaired) electrons. The maximum atomic E-state index is 14.3. The lowest BCUT2D eigenvalue weighted by molar-refractivity contribution is -1.08. The number of anilines is 1. The van der Waals surface area contributed by atoms with Crippen molar-refractivity contribution >= 4 is 44.3 Å². The van der Waals surface area contributed by atoms with Crippen molar-refractivity contribution in [3.63, 3.8) is 0 Å². The van der Waals surface area contributed by atoms with Crippen molar-refractivity contribution in [3.05, 3.63) is 83.1 Å². The highest BCUT2D eigenvalue weighted by molar-refractivity contribution is 7.93. The number of hydrogen-bond donors (Lipinski definition) is 1. The number of rotatable bonds is 11. The third-order valence-electron chi connectivity index (χ3n) is 12.4. The van der Waals surface area contributed by atoms with E-state index >= 15 is 0 Å². The smallest absolute Gasteiger partial charge is 0.355 e. The summed E-state index contributed by atoms with van der Waals surface area (Å²) in [5.74, 6) is -2.88. The van der Waals surface area contributed by atoms with Gasteiger partial charge in [-0.2, -0.15) is 0 Å². The van der Waals surface area contributed by atoms with Gasteiger partial charge in [0.05, 0.1) is 29.7 Å². The maximum absolute atomic E-state index is 14.3. The Morgan fingerprint density at radius 1 is 1.00 bits per heavy atom. The number of hydrogen-bond acceptors (Lipinski definition) is 8. The van der Waals surface area contributed by atoms with Gasteiger partial charge in [0.2, 0.25) is 5.91 Å². The molecule has 6 aliphatic heterocycles. The van der Waals surface area contributed by atoms with E-state index in [1.165, 1.54) is 16.1 Å². The van der Waals surface area contributed by atoms with Crippen LogP contribution in [0, 0.1) is 17.2 Å². The minimum absolute atomic E-state index is 0.0146. The van der Waals surface area contributed by atoms with E-state index in [9.17, 15) is 28.2 Å². The molecule has 0 aliphatic carbocycles. The van der Waals surface area contributed by atoms with Crippen LogP contribution in [-0.4, -0.2) is 111 Å². The van der Waals surface area contributed by atoms with Gasteiger partial charge in [-0.25, -0.2) is 13.2 Å². The highest BCUT2D eigenvalue weighted by Gasteiger charge is 2.59. The van der Waals surface area contributed by atoms with Crippen LogP contribution in [0.3, 0.4) is 0 Å². The number of piperazine rings is 3. The monoisotopic (exact) mass is 713 g/mol. The lowest BCUT2D eigenvalue weighted by atomic mass is 9.78. The molecule has 12 nitrogen and oxygen atoms in total. The molecule has 4 fully saturated rings. The van der Waals surface area contributed by atoms with Crippen LogP contribution >= 0.6 is 0 Å². The average Bonchev–Trinajstić information content (AvgIpc) is 3.48. The van der Waals surface area contributed by atoms with E-state index in [0.29, 0.717) is 23.2 Å². The molecule has 1 N–H and O–H groups in total. The number of fused-ring (bicyclic) bond motifs is 4. The second-order valence-electron chi connectivity index (χ2n) is 15.2. The Morgan fingerprint density at radius 3 is 2.35 bits per heavy atom. The lowest BCUT2D eigenvalue weighted by Crippen LogP contribution is -2.76. The molecule has 3 aromatic carbocycles. The van der Waals surface area contributed by atoms with E-state index < -0.39 is 51.8 Å². The van der Waals surface area contributed by atoms with Crippen molar-refractivity contribution < 1.29 is 41.9 Å². The normalized spacial score (nSPS) is 29.3. The SMILES string of the molecule is C[C@@H]([O-])[C@H]1C(=O)N2C(C(=O)OCc3ccccc3)=C(CN3c4cccc5c(CC[N+]67CC[N+](CC(=N)[O-])(CC6)CC7)ccc(c45)S3(=O)=O)[C@H](C)[C@H]12. The maximum Gasteiger partial charge on any atom is 0.355 e. The molecule has 268 valence electrons. The van der Waals surface area contributed by atoms with E-state index in [-0.39, 0.29) is 23.7 Å². The van der Waals surface area contributed by atoms with Gasteiger partial charge in [0.1, 0.15) is 58.1 Å². The molecule has 1 amide bonds. The molecule has 4 atom stereocenters. The molecule has 0 unspecified atom stereocenters. The molecular formula is C38H43N5O7S. The van der Waals surface area contributed by atoms with Crippen molar-refractivity contribution in [1.29, 1.82) is 5.41 Å². The Hall–Kier alpha value is -4.30. The van der Waals surface area contributed by atoms with E-state index in [0.717, 1.165) is 77.7 Å². The standard InChI is InChI=1S/C38H43N5O7S/c1-24-29(36(41-35(24)33(25(2)44)37(41)46)38(47)50-23-26-7-4-3-5-8-26)21-40-30-10-6-9-28-27(11-12-31(34(28)30)51(40,48)49)13-14-42-15-18-43(19-16-42,20-17-42)22-32(39)45/h3-12,24-25,33,35H,13-23H2,1-2H3,(H-,39,45)/t24-,25+,33+,35+,42?,43?/m0/s1. The van der Waals surface area contributed by atoms with E-state index in [1.54, 1.807) is 12.1 Å². The Bertz CT molecular complexity index is 2070. The van der Waals surface area contributed by atoms with Crippen LogP contribution < -0.4 is 14.5 Å². The van der Waals surface area contributed by atoms with Crippen molar-refractivity contribution in [1.82, 2.24) is 4.90 Å². The molecule has 0 spiro atoms. The summed E-state index contributed by atoms with van der Waals surface area (Å²) < 4.78 is 37.3. The summed E-state index contributed by atoms with van der Waals surface area (Å²) in [6.45, 7) is 9.93. The number of amides is 1. The summed E-state index contributed by atoms with van der Waals surface area (Å²) in [6, 6.07) is 17.9. The first kappa shape index (κ1) is 33.8. The summed E-state index contributed by atoms with van der Waals surface area (Å²) >= 11 is 0. The summed E-state index contributed by atoms with van der Waals surface area (Å²) in [7, 11) is -4.02. The molecule has 0 aromatic heterocycles. The third-order valence-corrected chi connectivity index (χ3v) is 14.2. The molecule has 9 rings (SSSR count). The third kappa shape index (κ3) is 5.35. The second kappa shape index (κ2) is 12.1. The van der Waals surface area contributed by atoms with Crippen LogP contribution in [0.25, 0.3) is 10.8 Å². The molecule has 51 heavy (non-hydrogen) atoms. The number of nitrogens with one attached hydrogen (secondary N) is 1. The van der Waals surface area contributed by atoms with Gasteiger partial charge in [0.25, 0.3) is 10.0 Å². The first-order chi connectivity index (χ1) is 24.3. The number of sulfonamides is 1. The summed E-state index contributed by atoms with van der Waals surface area (Å²) in [4.78, 5) is 28.6. The summed E-state index contributed by atoms with van der Waals surface area (Å²) in [5, 5.41) is 33.2. The highest BCUT2D eigenvalue weighted by Crippen LogP contribution is 2.50. The number of nitrogens with zero attached hydrogens (tertiary/aromatic N) is 4. The fourth-order valence-corrected chi connectivity index (χ4v) is 11.1. The number of carbonyl (C=O) groups is 2. The van der Waals surface area contributed by atoms with Gasteiger partial charge in [-0.05, 0) is 34.2 Å². The first-order valence-corrected chi connectivity index (χ1v) is 19.2. The minimum Gasteiger partial charge on any atom is -0.858 e. The van der Waals surface area contributed by atoms with Crippen molar-refractivity contribution in [3.8, 4) is 0 Å². The van der Waals surface area contributed by atoms with Gasteiger partial charge in [-0.1, -0.05) is 62.4 Å². The van der Waals surface area contributed by atoms with E-state index in [1.807, 2.05) is 55.5 Å². The van der Waals surface area contributed by atoms with Crippen LogP contribution in [0.1, 0.15) is 25.0 Å². The number of esters is 1. The molecular weight excluding hydrogens is 671 g/mol. The molecule has 6 aliphatic rings. The van der Waals surface area contributed by atoms with Crippen LogP contribution in [-0.2, 0) is 37.4 Å². The highest BCUT2D eigenvalue weighted by atomic mass is 32.2. The van der Waals surface area contributed by atoms with Gasteiger partial charge in [0, 0.05) is 29.5 Å². The number of ether oxygens (including phenoxy) is 1. The van der Waals surface area contributed by atoms with Crippen LogP contribution in [0.5, 0.6) is 0 Å². The fraction of sp³-hybridized carbons (Fsp3) is 0.447. The van der Waals surface area contributed by atoms with Crippen molar-refractivity contribution in [2.75, 3.05) is 63.2 Å². The van der Waals surface area contributed by atoms with Crippen LogP contribution in [0.15, 0.2) is 76.8 Å². The van der Waals surface area contributed by atoms with Gasteiger partial charge < -0.3 is 34.2 Å². The zero-order chi connectivity index (χ0) is 35.9. The van der Waals surface area contributed by atoms with Gasteiger partial charge in [-0.15, -0.1) is 6.10 Å². The molecule has 2 bridgehead atoms. The summed E-state index contributed by atoms with van der Waals surface area (Å²) in [5.41, 5.74) is 2.88. The topological polar surface area (TPSA) is 154 Å². The predicted octanol–water partition coefficient (Wildman–Crippen LogP) is 1.11. The predicted molar refractivity (Wildman–Crippen MR) is 185 cm³/mol. The van der Waals surface area contributed by atoms with Gasteiger partial charge >= 0.3 is 5.97 Å². The second-order valence-corrected chi connectivity index (χ2v) is 17.0. The summed E-state index contributed by atoms with van der Waals surface area (Å²) in [6.07, 6.45) is -0.409. The Morgan fingerprint density at radius 2 is 1.69 bits per heavy atom. The van der Waals surface area contributed by atoms with E-state index in [4.69, 9.17) is 10.1 Å². The largest absolute Gasteiger partial charge is 0.858 e. The zero-order valence-corrected chi connectivity index (χ0v) is 29.7. The Balaban J connectivity index is 1.09. The first-order valence-electron chi connectivity index (χ1n) is 17.8. The molecule has 4 saturated heterocycles. The van der Waals surface area contributed by atoms with Gasteiger partial charge in [0.15, 0.2) is 0 Å². The minimum atomic E-state index is -4.02. The van der Waals surface area contributed by atoms with Crippen LogP contribution in [0.2, 0.25) is 0 Å². The van der Waals surface area contributed by atoms with Gasteiger partial charge in [-0.3, -0.25) is 9.10 Å². The average molecular weight is 714 g/mol. The Kier molecular flexibility index (Phi) is 8.06. The number of quaternary nitrogens is 2. The lowest BCUT2D eigenvalue weighted by Gasteiger charge is -2.56. The number of β-lactam (4-membered cyclic amide) rings is 1. The Labute approximate surface area is 297 Å². The van der Waals surface area contributed by atoms with E-state index in [2.05, 4.69) is 0 Å². The van der Waals surface area contributed by atoms with Crippen LogP contribution in [0.4, 0.5) is 5.69 Å². The molecule has 13 heteroatoms. The quantitative estimate of drug-likeness (QED) is 0.103. The number of carbonyl (C=O) groups excluding carboxylic acids is 2. The zero-order valence-electron chi connectivity index (χ0n) is 28.9. The number of benzene rings is 3.